The molecule has 128 valence electrons. The Labute approximate surface area is 155 Å². The summed E-state index contributed by atoms with van der Waals surface area (Å²) in [5, 5.41) is 1.31. The molecule has 0 fully saturated rings. The lowest BCUT2D eigenvalue weighted by molar-refractivity contribution is 0.0756. The van der Waals surface area contributed by atoms with E-state index >= 15 is 0 Å². The zero-order valence-corrected chi connectivity index (χ0v) is 15.5. The lowest BCUT2D eigenvalue weighted by Crippen LogP contribution is -2.30. The Morgan fingerprint density at radius 2 is 1.92 bits per heavy atom. The molecule has 0 aliphatic heterocycles. The predicted molar refractivity (Wildman–Crippen MR) is 99.7 cm³/mol. The fourth-order valence-corrected chi connectivity index (χ4v) is 3.58. The van der Waals surface area contributed by atoms with Crippen molar-refractivity contribution in [2.24, 2.45) is 0 Å². The first-order valence-electron chi connectivity index (χ1n) is 7.87. The average Bonchev–Trinajstić information content (AvgIpc) is 3.03. The number of amides is 1. The third-order valence-corrected chi connectivity index (χ3v) is 5.25. The number of carbonyl (C=O) groups excluding carboxylic acids is 1. The van der Waals surface area contributed by atoms with Crippen molar-refractivity contribution in [1.29, 1.82) is 0 Å². The number of hydrogen-bond donors (Lipinski definition) is 0. The van der Waals surface area contributed by atoms with E-state index in [1.54, 1.807) is 23.4 Å². The van der Waals surface area contributed by atoms with E-state index in [1.165, 1.54) is 11.3 Å². The first-order chi connectivity index (χ1) is 12.1. The van der Waals surface area contributed by atoms with Crippen molar-refractivity contribution >= 4 is 28.8 Å². The highest BCUT2D eigenvalue weighted by Crippen LogP contribution is 2.27. The van der Waals surface area contributed by atoms with E-state index in [0.29, 0.717) is 39.5 Å². The summed E-state index contributed by atoms with van der Waals surface area (Å²) in [5.41, 5.74) is 1.61. The van der Waals surface area contributed by atoms with E-state index in [1.807, 2.05) is 38.1 Å². The topological polar surface area (TPSA) is 59.0 Å². The molecule has 5 nitrogen and oxygen atoms in total. The molecule has 0 N–H and O–H groups in total. The molecular weight excluding hydrogens is 356 g/mol. The van der Waals surface area contributed by atoms with Gasteiger partial charge in [-0.1, -0.05) is 29.8 Å². The Bertz CT molecular complexity index is 882. The summed E-state index contributed by atoms with van der Waals surface area (Å²) in [4.78, 5) is 28.2. The van der Waals surface area contributed by atoms with Gasteiger partial charge in [-0.2, -0.15) is 0 Å². The Kier molecular flexibility index (Phi) is 5.40. The van der Waals surface area contributed by atoms with Crippen LogP contribution < -0.4 is 0 Å². The third kappa shape index (κ3) is 3.86. The molecule has 0 aliphatic rings. The Morgan fingerprint density at radius 3 is 2.60 bits per heavy atom. The van der Waals surface area contributed by atoms with Gasteiger partial charge in [0.2, 0.25) is 0 Å². The molecule has 1 aromatic carbocycles. The SMILES string of the molecule is CCN(Cc1ccccc1Cl)C(=O)c1sc(-c2ncccn2)nc1C. The second-order valence-corrected chi connectivity index (χ2v) is 6.82. The smallest absolute Gasteiger partial charge is 0.266 e. The summed E-state index contributed by atoms with van der Waals surface area (Å²) in [5.74, 6) is 0.475. The zero-order valence-electron chi connectivity index (χ0n) is 13.9. The highest BCUT2D eigenvalue weighted by molar-refractivity contribution is 7.17. The van der Waals surface area contributed by atoms with Crippen LogP contribution in [0.5, 0.6) is 0 Å². The second kappa shape index (κ2) is 7.72. The van der Waals surface area contributed by atoms with Crippen LogP contribution in [0.4, 0.5) is 0 Å². The molecule has 0 atom stereocenters. The summed E-state index contributed by atoms with van der Waals surface area (Å²) in [6, 6.07) is 9.31. The molecule has 3 rings (SSSR count). The van der Waals surface area contributed by atoms with Gasteiger partial charge >= 0.3 is 0 Å². The standard InChI is InChI=1S/C18H17ClN4OS/c1-3-23(11-13-7-4-5-8-14(13)19)18(24)15-12(2)22-17(25-15)16-20-9-6-10-21-16/h4-10H,3,11H2,1-2H3. The van der Waals surface area contributed by atoms with Crippen LogP contribution in [-0.4, -0.2) is 32.3 Å². The summed E-state index contributed by atoms with van der Waals surface area (Å²) < 4.78 is 0. The van der Waals surface area contributed by atoms with Gasteiger partial charge in [0.25, 0.3) is 5.91 Å². The summed E-state index contributed by atoms with van der Waals surface area (Å²) >= 11 is 7.55. The minimum atomic E-state index is -0.0559. The van der Waals surface area contributed by atoms with E-state index in [2.05, 4.69) is 15.0 Å². The van der Waals surface area contributed by atoms with Crippen molar-refractivity contribution in [3.63, 3.8) is 0 Å². The number of thiazole rings is 1. The number of hydrogen-bond acceptors (Lipinski definition) is 5. The number of carbonyl (C=O) groups is 1. The van der Waals surface area contributed by atoms with E-state index in [4.69, 9.17) is 11.6 Å². The lowest BCUT2D eigenvalue weighted by Gasteiger charge is -2.21. The van der Waals surface area contributed by atoms with Crippen molar-refractivity contribution in [2.75, 3.05) is 6.54 Å². The maximum absolute atomic E-state index is 13.0. The monoisotopic (exact) mass is 372 g/mol. The molecule has 0 saturated heterocycles. The molecule has 1 amide bonds. The van der Waals surface area contributed by atoms with Gasteiger partial charge in [-0.25, -0.2) is 15.0 Å². The number of rotatable bonds is 5. The van der Waals surface area contributed by atoms with Crippen LogP contribution in [0.25, 0.3) is 10.8 Å². The van der Waals surface area contributed by atoms with Gasteiger partial charge in [-0.3, -0.25) is 4.79 Å². The predicted octanol–water partition coefficient (Wildman–Crippen LogP) is 4.22. The van der Waals surface area contributed by atoms with Crippen LogP contribution >= 0.6 is 22.9 Å². The Balaban J connectivity index is 1.86. The van der Waals surface area contributed by atoms with Crippen molar-refractivity contribution < 1.29 is 4.79 Å². The number of aryl methyl sites for hydroxylation is 1. The van der Waals surface area contributed by atoms with Crippen LogP contribution in [0, 0.1) is 6.92 Å². The summed E-state index contributed by atoms with van der Waals surface area (Å²) in [6.07, 6.45) is 3.33. The van der Waals surface area contributed by atoms with Crippen LogP contribution in [0.2, 0.25) is 5.02 Å². The third-order valence-electron chi connectivity index (χ3n) is 3.74. The summed E-state index contributed by atoms with van der Waals surface area (Å²) in [6.45, 7) is 4.83. The van der Waals surface area contributed by atoms with Gasteiger partial charge in [0.15, 0.2) is 10.8 Å². The largest absolute Gasteiger partial charge is 0.334 e. The summed E-state index contributed by atoms with van der Waals surface area (Å²) in [7, 11) is 0. The van der Waals surface area contributed by atoms with Crippen molar-refractivity contribution in [3.05, 3.63) is 63.9 Å². The molecule has 0 radical (unpaired) electrons. The van der Waals surface area contributed by atoms with Gasteiger partial charge in [0.05, 0.1) is 5.69 Å². The molecular formula is C18H17ClN4OS. The molecule has 25 heavy (non-hydrogen) atoms. The second-order valence-electron chi connectivity index (χ2n) is 5.42. The quantitative estimate of drug-likeness (QED) is 0.672. The van der Waals surface area contributed by atoms with Crippen LogP contribution in [0.1, 0.15) is 27.9 Å². The highest BCUT2D eigenvalue weighted by atomic mass is 35.5. The van der Waals surface area contributed by atoms with Gasteiger partial charge < -0.3 is 4.90 Å². The molecule has 0 unspecified atom stereocenters. The van der Waals surface area contributed by atoms with E-state index in [-0.39, 0.29) is 5.91 Å². The molecule has 0 aliphatic carbocycles. The Hall–Kier alpha value is -2.31. The van der Waals surface area contributed by atoms with E-state index in [0.717, 1.165) is 5.56 Å². The van der Waals surface area contributed by atoms with Crippen LogP contribution in [0.15, 0.2) is 42.7 Å². The molecule has 0 saturated carbocycles. The maximum atomic E-state index is 13.0. The van der Waals surface area contributed by atoms with Crippen LogP contribution in [0.3, 0.4) is 0 Å². The van der Waals surface area contributed by atoms with Crippen molar-refractivity contribution in [3.8, 4) is 10.8 Å². The molecule has 3 aromatic rings. The number of benzene rings is 1. The number of nitrogens with zero attached hydrogens (tertiary/aromatic N) is 4. The molecule has 7 heteroatoms. The maximum Gasteiger partial charge on any atom is 0.266 e. The zero-order chi connectivity index (χ0) is 17.8. The molecule has 2 aromatic heterocycles. The minimum Gasteiger partial charge on any atom is -0.334 e. The number of aromatic nitrogens is 3. The van der Waals surface area contributed by atoms with Gasteiger partial charge in [0.1, 0.15) is 4.88 Å². The van der Waals surface area contributed by atoms with E-state index in [9.17, 15) is 4.79 Å². The Morgan fingerprint density at radius 1 is 1.20 bits per heavy atom. The average molecular weight is 373 g/mol. The molecule has 0 bridgehead atoms. The fourth-order valence-electron chi connectivity index (χ4n) is 2.40. The first kappa shape index (κ1) is 17.5. The van der Waals surface area contributed by atoms with Crippen molar-refractivity contribution in [1.82, 2.24) is 19.9 Å². The van der Waals surface area contributed by atoms with Gasteiger partial charge in [-0.15, -0.1) is 11.3 Å². The lowest BCUT2D eigenvalue weighted by atomic mass is 10.2. The first-order valence-corrected chi connectivity index (χ1v) is 9.07. The normalized spacial score (nSPS) is 10.7. The van der Waals surface area contributed by atoms with Crippen molar-refractivity contribution in [2.45, 2.75) is 20.4 Å². The molecule has 0 spiro atoms. The van der Waals surface area contributed by atoms with Gasteiger partial charge in [-0.05, 0) is 31.5 Å². The van der Waals surface area contributed by atoms with Crippen LogP contribution in [-0.2, 0) is 6.54 Å². The fraction of sp³-hybridized carbons (Fsp3) is 0.222. The van der Waals surface area contributed by atoms with E-state index < -0.39 is 0 Å². The minimum absolute atomic E-state index is 0.0559. The van der Waals surface area contributed by atoms with Gasteiger partial charge in [0, 0.05) is 30.5 Å². The molecule has 2 heterocycles. The number of halogens is 1. The highest BCUT2D eigenvalue weighted by Gasteiger charge is 2.22.